The van der Waals surface area contributed by atoms with Crippen LogP contribution in [-0.4, -0.2) is 17.9 Å². The van der Waals surface area contributed by atoms with E-state index in [-0.39, 0.29) is 0 Å². The number of carbonyl (C=O) groups excluding carboxylic acids is 2. The number of primary amides is 1. The largest absolute Gasteiger partial charge is 0.368 e. The van der Waals surface area contributed by atoms with Crippen molar-refractivity contribution < 1.29 is 9.59 Å². The van der Waals surface area contributed by atoms with Crippen LogP contribution in [0.3, 0.4) is 0 Å². The first-order valence-corrected chi connectivity index (χ1v) is 2.64. The second-order valence-corrected chi connectivity index (χ2v) is 1.74. The van der Waals surface area contributed by atoms with E-state index in [1.807, 2.05) is 0 Å². The lowest BCUT2D eigenvalue weighted by Crippen LogP contribution is -2.41. The van der Waals surface area contributed by atoms with E-state index in [2.05, 4.69) is 5.32 Å². The van der Waals surface area contributed by atoms with Crippen LogP contribution < -0.4 is 11.1 Å². The van der Waals surface area contributed by atoms with Gasteiger partial charge in [-0.25, -0.2) is 0 Å². The number of carbonyl (C=O) groups is 2. The summed E-state index contributed by atoms with van der Waals surface area (Å²) in [4.78, 5) is 20.7. The molecular formula is C6H8N2O2. The van der Waals surface area contributed by atoms with Crippen LogP contribution in [0.5, 0.6) is 0 Å². The molecule has 0 heterocycles. The van der Waals surface area contributed by atoms with Crippen LogP contribution in [0.25, 0.3) is 0 Å². The first-order chi connectivity index (χ1) is 4.57. The summed E-state index contributed by atoms with van der Waals surface area (Å²) in [5.41, 5.74) is 4.82. The van der Waals surface area contributed by atoms with E-state index in [0.717, 1.165) is 0 Å². The van der Waals surface area contributed by atoms with Crippen LogP contribution in [-0.2, 0) is 9.59 Å². The Morgan fingerprint density at radius 3 is 2.50 bits per heavy atom. The van der Waals surface area contributed by atoms with Crippen molar-refractivity contribution in [2.24, 2.45) is 5.73 Å². The molecular weight excluding hydrogens is 132 g/mol. The van der Waals surface area contributed by atoms with Crippen molar-refractivity contribution in [3.8, 4) is 12.3 Å². The lowest BCUT2D eigenvalue weighted by molar-refractivity contribution is -0.124. The van der Waals surface area contributed by atoms with E-state index < -0.39 is 17.9 Å². The zero-order valence-corrected chi connectivity index (χ0v) is 5.55. The summed E-state index contributed by atoms with van der Waals surface area (Å²) in [6.45, 7) is 1.46. The van der Waals surface area contributed by atoms with Gasteiger partial charge >= 0.3 is 0 Å². The fraction of sp³-hybridized carbons (Fsp3) is 0.333. The summed E-state index contributed by atoms with van der Waals surface area (Å²) < 4.78 is 0. The molecule has 0 aromatic carbocycles. The van der Waals surface area contributed by atoms with Crippen molar-refractivity contribution in [2.75, 3.05) is 0 Å². The molecule has 0 aliphatic rings. The first kappa shape index (κ1) is 8.50. The van der Waals surface area contributed by atoms with Gasteiger partial charge in [0.2, 0.25) is 5.91 Å². The van der Waals surface area contributed by atoms with Gasteiger partial charge in [-0.15, -0.1) is 6.42 Å². The monoisotopic (exact) mass is 140 g/mol. The topological polar surface area (TPSA) is 72.2 Å². The summed E-state index contributed by atoms with van der Waals surface area (Å²) in [5, 5.41) is 2.18. The Morgan fingerprint density at radius 2 is 2.20 bits per heavy atom. The number of rotatable bonds is 2. The maximum atomic E-state index is 10.4. The molecule has 3 N–H and O–H groups in total. The van der Waals surface area contributed by atoms with E-state index in [0.29, 0.717) is 0 Å². The highest BCUT2D eigenvalue weighted by Gasteiger charge is 2.08. The Kier molecular flexibility index (Phi) is 2.98. The van der Waals surface area contributed by atoms with Gasteiger partial charge in [-0.05, 0) is 12.8 Å². The summed E-state index contributed by atoms with van der Waals surface area (Å²) in [5.74, 6) is 0.552. The van der Waals surface area contributed by atoms with Gasteiger partial charge in [0, 0.05) is 0 Å². The molecule has 1 unspecified atom stereocenters. The normalized spacial score (nSPS) is 11.2. The van der Waals surface area contributed by atoms with E-state index in [9.17, 15) is 9.59 Å². The third-order valence-corrected chi connectivity index (χ3v) is 0.905. The van der Waals surface area contributed by atoms with Crippen molar-refractivity contribution in [1.82, 2.24) is 5.32 Å². The van der Waals surface area contributed by atoms with Crippen LogP contribution in [0.15, 0.2) is 0 Å². The van der Waals surface area contributed by atoms with Gasteiger partial charge < -0.3 is 11.1 Å². The molecule has 0 saturated carbocycles. The standard InChI is InChI=1S/C6H8N2O2/c1-3-5(9)8-4(2)6(7)10/h1,4H,2H3,(H2,7,10)(H,8,9). The third kappa shape index (κ3) is 2.72. The van der Waals surface area contributed by atoms with Gasteiger partial charge in [-0.3, -0.25) is 9.59 Å². The smallest absolute Gasteiger partial charge is 0.296 e. The number of terminal acetylenes is 1. The van der Waals surface area contributed by atoms with Gasteiger partial charge in [-0.2, -0.15) is 0 Å². The third-order valence-electron chi connectivity index (χ3n) is 0.905. The predicted octanol–water partition coefficient (Wildman–Crippen LogP) is -1.39. The molecule has 0 aliphatic heterocycles. The van der Waals surface area contributed by atoms with Gasteiger partial charge in [0.15, 0.2) is 0 Å². The number of amides is 2. The molecule has 54 valence electrons. The molecule has 10 heavy (non-hydrogen) atoms. The molecule has 0 bridgehead atoms. The molecule has 2 amide bonds. The van der Waals surface area contributed by atoms with Crippen molar-refractivity contribution in [3.63, 3.8) is 0 Å². The van der Waals surface area contributed by atoms with Crippen molar-refractivity contribution in [3.05, 3.63) is 0 Å². The minimum atomic E-state index is -0.705. The van der Waals surface area contributed by atoms with Crippen molar-refractivity contribution in [1.29, 1.82) is 0 Å². The molecule has 4 heteroatoms. The van der Waals surface area contributed by atoms with Gasteiger partial charge in [0.25, 0.3) is 5.91 Å². The minimum absolute atomic E-state index is 0.608. The number of nitrogens with one attached hydrogen (secondary N) is 1. The fourth-order valence-corrected chi connectivity index (χ4v) is 0.309. The average molecular weight is 140 g/mol. The van der Waals surface area contributed by atoms with Crippen LogP contribution in [0, 0.1) is 12.3 Å². The van der Waals surface area contributed by atoms with Crippen LogP contribution in [0.2, 0.25) is 0 Å². The Labute approximate surface area is 58.8 Å². The van der Waals surface area contributed by atoms with Crippen molar-refractivity contribution >= 4 is 11.8 Å². The highest BCUT2D eigenvalue weighted by Crippen LogP contribution is 1.76. The maximum Gasteiger partial charge on any atom is 0.296 e. The zero-order valence-electron chi connectivity index (χ0n) is 5.55. The summed E-state index contributed by atoms with van der Waals surface area (Å²) in [6.07, 6.45) is 4.71. The number of hydrogen-bond donors (Lipinski definition) is 2. The van der Waals surface area contributed by atoms with E-state index in [1.54, 1.807) is 5.92 Å². The van der Waals surface area contributed by atoms with Crippen molar-refractivity contribution in [2.45, 2.75) is 13.0 Å². The summed E-state index contributed by atoms with van der Waals surface area (Å²) >= 11 is 0. The minimum Gasteiger partial charge on any atom is -0.368 e. The average Bonchev–Trinajstić information content (AvgIpc) is 1.87. The Hall–Kier alpha value is -1.50. The molecule has 0 radical (unpaired) electrons. The predicted molar refractivity (Wildman–Crippen MR) is 35.6 cm³/mol. The molecule has 0 spiro atoms. The van der Waals surface area contributed by atoms with E-state index >= 15 is 0 Å². The van der Waals surface area contributed by atoms with Crippen LogP contribution >= 0.6 is 0 Å². The molecule has 4 nitrogen and oxygen atoms in total. The Morgan fingerprint density at radius 1 is 1.70 bits per heavy atom. The highest BCUT2D eigenvalue weighted by molar-refractivity contribution is 5.96. The summed E-state index contributed by atoms with van der Waals surface area (Å²) in [6, 6.07) is -0.705. The molecule has 0 aromatic rings. The lowest BCUT2D eigenvalue weighted by Gasteiger charge is -2.05. The van der Waals surface area contributed by atoms with Crippen LogP contribution in [0.4, 0.5) is 0 Å². The lowest BCUT2D eigenvalue weighted by atomic mass is 10.3. The number of hydrogen-bond acceptors (Lipinski definition) is 2. The zero-order chi connectivity index (χ0) is 8.15. The highest BCUT2D eigenvalue weighted by atomic mass is 16.2. The van der Waals surface area contributed by atoms with Gasteiger partial charge in [0.1, 0.15) is 6.04 Å². The van der Waals surface area contributed by atoms with E-state index in [1.165, 1.54) is 6.92 Å². The molecule has 0 aromatic heterocycles. The Balaban J connectivity index is 3.82. The molecule has 0 saturated heterocycles. The summed E-state index contributed by atoms with van der Waals surface area (Å²) in [7, 11) is 0. The van der Waals surface area contributed by atoms with Gasteiger partial charge in [0.05, 0.1) is 0 Å². The van der Waals surface area contributed by atoms with E-state index in [4.69, 9.17) is 12.2 Å². The quantitative estimate of drug-likeness (QED) is 0.463. The molecule has 0 fully saturated rings. The maximum absolute atomic E-state index is 10.4. The first-order valence-electron chi connectivity index (χ1n) is 2.64. The Bertz CT molecular complexity index is 192. The van der Waals surface area contributed by atoms with Crippen LogP contribution in [0.1, 0.15) is 6.92 Å². The molecule has 0 rings (SSSR count). The second kappa shape index (κ2) is 3.51. The molecule has 1 atom stereocenters. The molecule has 0 aliphatic carbocycles. The second-order valence-electron chi connectivity index (χ2n) is 1.74. The number of nitrogens with two attached hydrogens (primary N) is 1. The van der Waals surface area contributed by atoms with Gasteiger partial charge in [-0.1, -0.05) is 0 Å². The fourth-order valence-electron chi connectivity index (χ4n) is 0.309. The SMILES string of the molecule is C#CC(=O)NC(C)C(N)=O.